The molecule has 0 unspecified atom stereocenters. The maximum atomic E-state index is 11.7. The zero-order valence-electron chi connectivity index (χ0n) is 15.2. The molecule has 0 bridgehead atoms. The van der Waals surface area contributed by atoms with Crippen LogP contribution in [0.2, 0.25) is 0 Å². The number of nitrogens with two attached hydrogens (primary N) is 1. The number of anilines is 1. The van der Waals surface area contributed by atoms with Crippen molar-refractivity contribution >= 4 is 49.6 Å². The topological polar surface area (TPSA) is 122 Å². The van der Waals surface area contributed by atoms with Gasteiger partial charge in [0, 0.05) is 11.9 Å². The van der Waals surface area contributed by atoms with Gasteiger partial charge in [0.2, 0.25) is 21.0 Å². The van der Waals surface area contributed by atoms with Gasteiger partial charge in [-0.05, 0) is 43.8 Å². The van der Waals surface area contributed by atoms with Gasteiger partial charge in [-0.1, -0.05) is 30.3 Å². The number of sulfonamides is 1. The number of rotatable bonds is 4. The zero-order valence-corrected chi connectivity index (χ0v) is 16.9. The normalized spacial score (nSPS) is 12.0. The fraction of sp³-hybridized carbons (Fsp3) is 0.167. The number of hydrogen-bond donors (Lipinski definition) is 3. The summed E-state index contributed by atoms with van der Waals surface area (Å²) < 4.78 is 25.1. The van der Waals surface area contributed by atoms with Gasteiger partial charge in [0.05, 0.1) is 11.2 Å². The lowest BCUT2D eigenvalue weighted by atomic mass is 10.1. The van der Waals surface area contributed by atoms with Gasteiger partial charge < -0.3 is 15.0 Å². The summed E-state index contributed by atoms with van der Waals surface area (Å²) >= 11 is 5.15. The van der Waals surface area contributed by atoms with Crippen LogP contribution in [0.5, 0.6) is 5.88 Å². The van der Waals surface area contributed by atoms with Crippen LogP contribution in [0.15, 0.2) is 57.6 Å². The molecule has 28 heavy (non-hydrogen) atoms. The van der Waals surface area contributed by atoms with Crippen LogP contribution < -0.4 is 10.5 Å². The van der Waals surface area contributed by atoms with Crippen molar-refractivity contribution in [1.29, 1.82) is 0 Å². The van der Waals surface area contributed by atoms with Crippen LogP contribution in [0, 0.1) is 6.92 Å². The molecule has 0 fully saturated rings. The minimum Gasteiger partial charge on any atom is -0.493 e. The summed E-state index contributed by atoms with van der Waals surface area (Å²) in [7, 11) is -3.92. The molecule has 0 amide bonds. The van der Waals surface area contributed by atoms with E-state index in [0.717, 1.165) is 16.5 Å². The molecule has 0 aliphatic carbocycles. The van der Waals surface area contributed by atoms with Crippen LogP contribution in [0.4, 0.5) is 11.4 Å². The third-order valence-corrected chi connectivity index (χ3v) is 5.38. The summed E-state index contributed by atoms with van der Waals surface area (Å²) in [5.41, 5.74) is 2.36. The quantitative estimate of drug-likeness (QED) is 0.440. The molecule has 2 aromatic carbocycles. The van der Waals surface area contributed by atoms with Crippen LogP contribution >= 0.6 is 12.2 Å². The van der Waals surface area contributed by atoms with E-state index in [1.54, 1.807) is 16.7 Å². The Balaban J connectivity index is 1.95. The highest BCUT2D eigenvalue weighted by Crippen LogP contribution is 2.40. The van der Waals surface area contributed by atoms with Gasteiger partial charge in [0.15, 0.2) is 5.69 Å². The van der Waals surface area contributed by atoms with Crippen LogP contribution in [0.25, 0.3) is 10.9 Å². The zero-order chi connectivity index (χ0) is 20.5. The minimum absolute atomic E-state index is 0.0108. The molecule has 0 radical (unpaired) electrons. The van der Waals surface area contributed by atoms with Crippen LogP contribution in [0.3, 0.4) is 0 Å². The minimum atomic E-state index is -3.92. The fourth-order valence-corrected chi connectivity index (χ4v) is 3.87. The smallest absolute Gasteiger partial charge is 0.240 e. The highest BCUT2D eigenvalue weighted by molar-refractivity contribution is 7.89. The van der Waals surface area contributed by atoms with E-state index in [-0.39, 0.29) is 21.6 Å². The Morgan fingerprint density at radius 2 is 1.96 bits per heavy atom. The third-order valence-electron chi connectivity index (χ3n) is 4.22. The molecule has 10 heteroatoms. The van der Waals surface area contributed by atoms with Crippen molar-refractivity contribution in [2.75, 3.05) is 5.32 Å². The molecule has 0 spiro atoms. The molecule has 8 nitrogen and oxygen atoms in total. The number of aryl methyl sites for hydroxylation is 2. The lowest BCUT2D eigenvalue weighted by Gasteiger charge is -2.08. The van der Waals surface area contributed by atoms with Gasteiger partial charge in [-0.2, -0.15) is 0 Å². The number of nitrogens with zero attached hydrogens (tertiary/aromatic N) is 3. The van der Waals surface area contributed by atoms with E-state index >= 15 is 0 Å². The van der Waals surface area contributed by atoms with E-state index in [1.807, 2.05) is 32.0 Å². The molecule has 0 saturated carbocycles. The number of thiocarbonyl (C=S) groups is 1. The van der Waals surface area contributed by atoms with Gasteiger partial charge in [-0.15, -0.1) is 10.2 Å². The van der Waals surface area contributed by atoms with Crippen LogP contribution in [-0.2, 0) is 16.6 Å². The van der Waals surface area contributed by atoms with E-state index in [1.165, 1.54) is 12.1 Å². The van der Waals surface area contributed by atoms with Gasteiger partial charge in [0.1, 0.15) is 4.90 Å². The predicted molar refractivity (Wildman–Crippen MR) is 113 cm³/mol. The Hall–Kier alpha value is -2.82. The summed E-state index contributed by atoms with van der Waals surface area (Å²) in [5, 5.41) is 27.2. The SMILES string of the molecule is CCn1c(O)c(N=NC(=S)Nc2ccccc2S(N)(=O)=O)c2cccc(C)c21. The first-order chi connectivity index (χ1) is 13.2. The Morgan fingerprint density at radius 3 is 2.64 bits per heavy atom. The van der Waals surface area contributed by atoms with Crippen molar-refractivity contribution in [1.82, 2.24) is 4.57 Å². The highest BCUT2D eigenvalue weighted by Gasteiger charge is 2.17. The monoisotopic (exact) mass is 417 g/mol. The summed E-state index contributed by atoms with van der Waals surface area (Å²) in [6, 6.07) is 11.7. The molecule has 1 aromatic heterocycles. The van der Waals surface area contributed by atoms with E-state index in [0.29, 0.717) is 12.2 Å². The molecule has 4 N–H and O–H groups in total. The second-order valence-electron chi connectivity index (χ2n) is 6.06. The number of benzene rings is 2. The van der Waals surface area contributed by atoms with Gasteiger partial charge in [-0.3, -0.25) is 0 Å². The molecule has 0 aliphatic rings. The van der Waals surface area contributed by atoms with Crippen molar-refractivity contribution in [3.05, 3.63) is 48.0 Å². The van der Waals surface area contributed by atoms with Crippen molar-refractivity contribution in [2.45, 2.75) is 25.3 Å². The summed E-state index contributed by atoms with van der Waals surface area (Å²) in [4.78, 5) is -0.103. The maximum absolute atomic E-state index is 11.7. The molecule has 3 aromatic rings. The predicted octanol–water partition coefficient (Wildman–Crippen LogP) is 3.80. The van der Waals surface area contributed by atoms with Gasteiger partial charge in [0.25, 0.3) is 0 Å². The van der Waals surface area contributed by atoms with E-state index in [9.17, 15) is 13.5 Å². The van der Waals surface area contributed by atoms with Crippen molar-refractivity contribution in [2.24, 2.45) is 15.4 Å². The molecule has 3 rings (SSSR count). The molecule has 1 heterocycles. The Kier molecular flexibility index (Phi) is 5.45. The first-order valence-electron chi connectivity index (χ1n) is 8.39. The number of primary sulfonamides is 1. The Labute approximate surface area is 167 Å². The lowest BCUT2D eigenvalue weighted by Crippen LogP contribution is -2.16. The summed E-state index contributed by atoms with van der Waals surface area (Å²) in [5.74, 6) is -0.0108. The maximum Gasteiger partial charge on any atom is 0.240 e. The van der Waals surface area contributed by atoms with Crippen molar-refractivity contribution < 1.29 is 13.5 Å². The van der Waals surface area contributed by atoms with Gasteiger partial charge in [-0.25, -0.2) is 13.6 Å². The molecular formula is C18H19N5O3S2. The third kappa shape index (κ3) is 3.75. The number of fused-ring (bicyclic) bond motifs is 1. The fourth-order valence-electron chi connectivity index (χ4n) is 3.02. The second kappa shape index (κ2) is 7.66. The molecule has 0 atom stereocenters. The number of nitrogens with one attached hydrogen (secondary N) is 1. The van der Waals surface area contributed by atoms with Gasteiger partial charge >= 0.3 is 0 Å². The highest BCUT2D eigenvalue weighted by atomic mass is 32.2. The van der Waals surface area contributed by atoms with Crippen LogP contribution in [-0.4, -0.2) is 23.2 Å². The molecule has 0 aliphatic heterocycles. The van der Waals surface area contributed by atoms with Crippen molar-refractivity contribution in [3.8, 4) is 5.88 Å². The average molecular weight is 418 g/mol. The number of aromatic hydroxyl groups is 1. The van der Waals surface area contributed by atoms with E-state index in [4.69, 9.17) is 17.4 Å². The summed E-state index contributed by atoms with van der Waals surface area (Å²) in [6.45, 7) is 4.43. The first-order valence-corrected chi connectivity index (χ1v) is 10.3. The standard InChI is InChI=1S/C18H19N5O3S2/c1-3-23-16-11(2)7-6-8-12(16)15(17(23)24)21-22-18(27)20-13-9-4-5-10-14(13)28(19,25)26/h4-10,24H,3H2,1-2H3,(H,20,27)(H2,19,25,26). The molecular weight excluding hydrogens is 398 g/mol. The molecule has 0 saturated heterocycles. The van der Waals surface area contributed by atoms with Crippen LogP contribution in [0.1, 0.15) is 12.5 Å². The lowest BCUT2D eigenvalue weighted by molar-refractivity contribution is 0.426. The van der Waals surface area contributed by atoms with E-state index in [2.05, 4.69) is 15.5 Å². The first kappa shape index (κ1) is 19.9. The largest absolute Gasteiger partial charge is 0.493 e. The number of aromatic nitrogens is 1. The Morgan fingerprint density at radius 1 is 1.25 bits per heavy atom. The number of azo groups is 1. The second-order valence-corrected chi connectivity index (χ2v) is 7.98. The van der Waals surface area contributed by atoms with E-state index < -0.39 is 10.0 Å². The average Bonchev–Trinajstić information content (AvgIpc) is 2.91. The number of para-hydroxylation sites is 2. The van der Waals surface area contributed by atoms with Crippen molar-refractivity contribution in [3.63, 3.8) is 0 Å². The Bertz CT molecular complexity index is 1200. The number of hydrogen-bond acceptors (Lipinski definition) is 5. The molecule has 146 valence electrons. The summed E-state index contributed by atoms with van der Waals surface area (Å²) in [6.07, 6.45) is 0.